The van der Waals surface area contributed by atoms with Gasteiger partial charge in [0, 0.05) is 18.3 Å². The number of hydrogen-bond acceptors (Lipinski definition) is 4. The maximum atomic E-state index is 11.3. The molecule has 0 aromatic heterocycles. The number of hydrogen-bond donors (Lipinski definition) is 2. The van der Waals surface area contributed by atoms with Gasteiger partial charge in [0.05, 0.1) is 11.0 Å². The minimum Gasteiger partial charge on any atom is -0.382 e. The molecular weight excluding hydrogens is 264 g/mol. The van der Waals surface area contributed by atoms with E-state index in [9.17, 15) is 8.42 Å². The number of rotatable bonds is 5. The van der Waals surface area contributed by atoms with Gasteiger partial charge in [0.15, 0.2) is 0 Å². The van der Waals surface area contributed by atoms with Crippen LogP contribution in [0.4, 0.5) is 5.69 Å². The van der Waals surface area contributed by atoms with Crippen LogP contribution < -0.4 is 10.5 Å². The van der Waals surface area contributed by atoms with E-state index in [0.29, 0.717) is 12.1 Å². The third-order valence-electron chi connectivity index (χ3n) is 3.39. The molecule has 6 heteroatoms. The highest BCUT2D eigenvalue weighted by atomic mass is 32.2. The molecule has 1 fully saturated rings. The number of ether oxygens (including phenoxy) is 1. The van der Waals surface area contributed by atoms with Crippen molar-refractivity contribution in [2.75, 3.05) is 11.9 Å². The number of sulfonamides is 1. The van der Waals surface area contributed by atoms with Crippen molar-refractivity contribution in [1.82, 2.24) is 0 Å². The lowest BCUT2D eigenvalue weighted by molar-refractivity contribution is 0.00298. The van der Waals surface area contributed by atoms with Crippen molar-refractivity contribution in [1.29, 1.82) is 0 Å². The second kappa shape index (κ2) is 5.48. The summed E-state index contributed by atoms with van der Waals surface area (Å²) >= 11 is 0. The molecule has 0 heterocycles. The Morgan fingerprint density at radius 1 is 1.42 bits per heavy atom. The predicted octanol–water partition coefficient (Wildman–Crippen LogP) is 1.62. The monoisotopic (exact) mass is 284 g/mol. The predicted molar refractivity (Wildman–Crippen MR) is 74.6 cm³/mol. The number of aryl methyl sites for hydroxylation is 1. The van der Waals surface area contributed by atoms with E-state index in [2.05, 4.69) is 5.32 Å². The molecule has 2 rings (SSSR count). The summed E-state index contributed by atoms with van der Waals surface area (Å²) in [5.74, 6) is 0. The SMILES string of the molecule is CCOC1CC(Nc2cc(S(N)(=O)=O)ccc2C)C1. The highest BCUT2D eigenvalue weighted by molar-refractivity contribution is 7.89. The fraction of sp³-hybridized carbons (Fsp3) is 0.538. The molecule has 3 N–H and O–H groups in total. The van der Waals surface area contributed by atoms with E-state index < -0.39 is 10.0 Å². The Morgan fingerprint density at radius 3 is 2.68 bits per heavy atom. The van der Waals surface area contributed by atoms with Gasteiger partial charge in [0.2, 0.25) is 10.0 Å². The molecule has 1 saturated carbocycles. The number of nitrogens with two attached hydrogens (primary N) is 1. The quantitative estimate of drug-likeness (QED) is 0.861. The van der Waals surface area contributed by atoms with Gasteiger partial charge in [-0.1, -0.05) is 6.07 Å². The fourth-order valence-electron chi connectivity index (χ4n) is 2.21. The summed E-state index contributed by atoms with van der Waals surface area (Å²) < 4.78 is 28.2. The summed E-state index contributed by atoms with van der Waals surface area (Å²) in [7, 11) is -3.65. The van der Waals surface area contributed by atoms with Gasteiger partial charge < -0.3 is 10.1 Å². The van der Waals surface area contributed by atoms with Crippen LogP contribution in [0.2, 0.25) is 0 Å². The van der Waals surface area contributed by atoms with Gasteiger partial charge in [-0.2, -0.15) is 0 Å². The largest absolute Gasteiger partial charge is 0.382 e. The Hall–Kier alpha value is -1.11. The van der Waals surface area contributed by atoms with Crippen molar-refractivity contribution < 1.29 is 13.2 Å². The highest BCUT2D eigenvalue weighted by Crippen LogP contribution is 2.29. The fourth-order valence-corrected chi connectivity index (χ4v) is 2.75. The summed E-state index contributed by atoms with van der Waals surface area (Å²) in [6.45, 7) is 4.66. The highest BCUT2D eigenvalue weighted by Gasteiger charge is 2.29. The van der Waals surface area contributed by atoms with Crippen LogP contribution in [0.5, 0.6) is 0 Å². The minimum atomic E-state index is -3.65. The van der Waals surface area contributed by atoms with Crippen molar-refractivity contribution in [3.05, 3.63) is 23.8 Å². The molecular formula is C13H20N2O3S. The molecule has 19 heavy (non-hydrogen) atoms. The average Bonchev–Trinajstić information content (AvgIpc) is 2.27. The molecule has 0 saturated heterocycles. The zero-order valence-electron chi connectivity index (χ0n) is 11.2. The van der Waals surface area contributed by atoms with Crippen LogP contribution in [-0.2, 0) is 14.8 Å². The number of anilines is 1. The topological polar surface area (TPSA) is 81.4 Å². The van der Waals surface area contributed by atoms with Crippen LogP contribution in [0.1, 0.15) is 25.3 Å². The van der Waals surface area contributed by atoms with Crippen LogP contribution in [0.3, 0.4) is 0 Å². The van der Waals surface area contributed by atoms with E-state index >= 15 is 0 Å². The van der Waals surface area contributed by atoms with Crippen LogP contribution in [-0.4, -0.2) is 27.2 Å². The Morgan fingerprint density at radius 2 is 2.11 bits per heavy atom. The Kier molecular flexibility index (Phi) is 4.13. The normalized spacial score (nSPS) is 22.9. The average molecular weight is 284 g/mol. The van der Waals surface area contributed by atoms with Crippen LogP contribution >= 0.6 is 0 Å². The van der Waals surface area contributed by atoms with E-state index in [0.717, 1.165) is 30.7 Å². The lowest BCUT2D eigenvalue weighted by Gasteiger charge is -2.36. The Labute approximate surface area is 114 Å². The number of benzene rings is 1. The van der Waals surface area contributed by atoms with Crippen LogP contribution in [0.25, 0.3) is 0 Å². The summed E-state index contributed by atoms with van der Waals surface area (Å²) in [5, 5.41) is 8.49. The molecule has 1 aromatic rings. The second-order valence-corrected chi connectivity index (χ2v) is 6.47. The third kappa shape index (κ3) is 3.46. The Bertz CT molecular complexity index is 551. The van der Waals surface area contributed by atoms with Crippen molar-refractivity contribution in [3.8, 4) is 0 Å². The molecule has 0 spiro atoms. The molecule has 1 aliphatic rings. The summed E-state index contributed by atoms with van der Waals surface area (Å²) in [6, 6.07) is 5.23. The van der Waals surface area contributed by atoms with E-state index in [1.54, 1.807) is 12.1 Å². The zero-order chi connectivity index (χ0) is 14.0. The van der Waals surface area contributed by atoms with Gasteiger partial charge in [-0.25, -0.2) is 13.6 Å². The Balaban J connectivity index is 2.05. The first kappa shape index (κ1) is 14.3. The molecule has 0 unspecified atom stereocenters. The van der Waals surface area contributed by atoms with Gasteiger partial charge >= 0.3 is 0 Å². The molecule has 1 aliphatic carbocycles. The molecule has 106 valence electrons. The summed E-state index contributed by atoms with van der Waals surface area (Å²) in [5.41, 5.74) is 1.83. The maximum absolute atomic E-state index is 11.3. The van der Waals surface area contributed by atoms with Crippen molar-refractivity contribution in [3.63, 3.8) is 0 Å². The standard InChI is InChI=1S/C13H20N2O3S/c1-3-18-11-6-10(7-11)15-13-8-12(19(14,16)17)5-4-9(13)2/h4-5,8,10-11,15H,3,6-7H2,1-2H3,(H2,14,16,17). The van der Waals surface area contributed by atoms with Gasteiger partial charge in [-0.05, 0) is 44.4 Å². The van der Waals surface area contributed by atoms with Crippen molar-refractivity contribution >= 4 is 15.7 Å². The minimum absolute atomic E-state index is 0.140. The molecule has 0 radical (unpaired) electrons. The first-order valence-electron chi connectivity index (χ1n) is 6.41. The van der Waals surface area contributed by atoms with E-state index in [1.165, 1.54) is 6.07 Å². The third-order valence-corrected chi connectivity index (χ3v) is 4.31. The first-order chi connectivity index (χ1) is 8.90. The molecule has 0 aliphatic heterocycles. The van der Waals surface area contributed by atoms with Crippen LogP contribution in [0.15, 0.2) is 23.1 Å². The van der Waals surface area contributed by atoms with E-state index in [1.807, 2.05) is 13.8 Å². The van der Waals surface area contributed by atoms with E-state index in [-0.39, 0.29) is 4.90 Å². The van der Waals surface area contributed by atoms with Gasteiger partial charge in [-0.3, -0.25) is 0 Å². The molecule has 5 nitrogen and oxygen atoms in total. The van der Waals surface area contributed by atoms with Crippen LogP contribution in [0, 0.1) is 6.92 Å². The van der Waals surface area contributed by atoms with Gasteiger partial charge in [-0.15, -0.1) is 0 Å². The maximum Gasteiger partial charge on any atom is 0.238 e. The smallest absolute Gasteiger partial charge is 0.238 e. The van der Waals surface area contributed by atoms with Crippen molar-refractivity contribution in [2.45, 2.75) is 43.7 Å². The lowest BCUT2D eigenvalue weighted by Crippen LogP contribution is -2.41. The number of nitrogens with one attached hydrogen (secondary N) is 1. The molecule has 0 bridgehead atoms. The molecule has 0 atom stereocenters. The van der Waals surface area contributed by atoms with Gasteiger partial charge in [0.25, 0.3) is 0 Å². The van der Waals surface area contributed by atoms with Crippen molar-refractivity contribution in [2.24, 2.45) is 5.14 Å². The van der Waals surface area contributed by atoms with E-state index in [4.69, 9.17) is 9.88 Å². The van der Waals surface area contributed by atoms with Gasteiger partial charge in [0.1, 0.15) is 0 Å². The number of primary sulfonamides is 1. The zero-order valence-corrected chi connectivity index (χ0v) is 12.0. The lowest BCUT2D eigenvalue weighted by atomic mass is 9.89. The molecule has 0 amide bonds. The first-order valence-corrected chi connectivity index (χ1v) is 7.96. The molecule has 1 aromatic carbocycles. The second-order valence-electron chi connectivity index (χ2n) is 4.91. The summed E-state index contributed by atoms with van der Waals surface area (Å²) in [4.78, 5) is 0.140. The summed E-state index contributed by atoms with van der Waals surface area (Å²) in [6.07, 6.45) is 2.23.